The maximum absolute atomic E-state index is 16.5. The van der Waals surface area contributed by atoms with Gasteiger partial charge in [-0.3, -0.25) is 4.79 Å². The van der Waals surface area contributed by atoms with Gasteiger partial charge in [0.25, 0.3) is 5.91 Å². The monoisotopic (exact) mass is 644 g/mol. The van der Waals surface area contributed by atoms with Crippen molar-refractivity contribution in [1.82, 2.24) is 14.9 Å². The molecule has 0 spiro atoms. The summed E-state index contributed by atoms with van der Waals surface area (Å²) in [6.07, 6.45) is 0.428. The minimum Gasteiger partial charge on any atom is -0.356 e. The van der Waals surface area contributed by atoms with Gasteiger partial charge in [-0.25, -0.2) is 13.8 Å². The van der Waals surface area contributed by atoms with Crippen LogP contribution in [0.4, 0.5) is 17.6 Å². The van der Waals surface area contributed by atoms with Crippen LogP contribution in [0.5, 0.6) is 0 Å². The first-order valence-electron chi connectivity index (χ1n) is 14.4. The summed E-state index contributed by atoms with van der Waals surface area (Å²) < 4.78 is 63.2. The van der Waals surface area contributed by atoms with Gasteiger partial charge in [0.05, 0.1) is 33.8 Å². The number of halogens is 6. The minimum atomic E-state index is -2.98. The number of ether oxygens (including phenoxy) is 1. The average Bonchev–Trinajstić information content (AvgIpc) is 3.30. The average molecular weight is 645 g/mol. The summed E-state index contributed by atoms with van der Waals surface area (Å²) in [6, 6.07) is 9.41. The number of amides is 1. The molecule has 4 unspecified atom stereocenters. The molecule has 1 amide bonds. The number of hydrogen-bond donors (Lipinski definition) is 1. The predicted octanol–water partition coefficient (Wildman–Crippen LogP) is 8.37. The lowest BCUT2D eigenvalue weighted by atomic mass is 9.92. The topological polar surface area (TPSA) is 82.0 Å². The first kappa shape index (κ1) is 29.3. The Morgan fingerprint density at radius 1 is 1.25 bits per heavy atom. The Morgan fingerprint density at radius 2 is 2.02 bits per heavy atom. The quantitative estimate of drug-likeness (QED) is 0.205. The molecule has 2 aromatic carbocycles. The number of nitrogens with zero attached hydrogens (tertiary/aromatic N) is 3. The second kappa shape index (κ2) is 10.6. The van der Waals surface area contributed by atoms with Gasteiger partial charge in [0, 0.05) is 51.7 Å². The van der Waals surface area contributed by atoms with Gasteiger partial charge < -0.3 is 14.6 Å². The molecule has 4 atom stereocenters. The van der Waals surface area contributed by atoms with Crippen LogP contribution in [0.15, 0.2) is 30.3 Å². The Labute approximate surface area is 259 Å². The van der Waals surface area contributed by atoms with E-state index in [1.54, 1.807) is 37.3 Å². The highest BCUT2D eigenvalue weighted by Crippen LogP contribution is 2.55. The first-order chi connectivity index (χ1) is 21.0. The van der Waals surface area contributed by atoms with Crippen molar-refractivity contribution in [2.75, 3.05) is 0 Å². The summed E-state index contributed by atoms with van der Waals surface area (Å²) in [5.41, 5.74) is 0.779. The third-order valence-electron chi connectivity index (χ3n) is 9.35. The SMILES string of the molecule is Cc1nc2c(F)c(-c3cccc(Cl)c3Cl)c(CCC#N)cc2c2[nH]c(C3C4CC(CC4OC(F)F)N3C(=O)C3(F)CC3)cc12. The van der Waals surface area contributed by atoms with Gasteiger partial charge in [0.15, 0.2) is 11.5 Å². The molecule has 228 valence electrons. The molecule has 7 rings (SSSR count). The fourth-order valence-corrected chi connectivity index (χ4v) is 7.64. The van der Waals surface area contributed by atoms with E-state index in [1.165, 1.54) is 4.90 Å². The number of pyridine rings is 1. The molecule has 2 aliphatic carbocycles. The number of carbonyl (C=O) groups is 1. The highest BCUT2D eigenvalue weighted by atomic mass is 35.5. The zero-order chi connectivity index (χ0) is 31.1. The van der Waals surface area contributed by atoms with Crippen LogP contribution in [-0.2, 0) is 16.0 Å². The molecule has 2 aromatic heterocycles. The van der Waals surface area contributed by atoms with Crippen molar-refractivity contribution in [2.24, 2.45) is 5.92 Å². The fourth-order valence-electron chi connectivity index (χ4n) is 7.24. The second-order valence-electron chi connectivity index (χ2n) is 11.9. The van der Waals surface area contributed by atoms with E-state index in [0.717, 1.165) is 0 Å². The number of H-pyrrole nitrogens is 1. The third kappa shape index (κ3) is 4.55. The van der Waals surface area contributed by atoms with Gasteiger partial charge in [-0.2, -0.15) is 14.0 Å². The van der Waals surface area contributed by atoms with E-state index < -0.39 is 48.1 Å². The fraction of sp³-hybridized carbons (Fsp3) is 0.406. The van der Waals surface area contributed by atoms with E-state index in [1.807, 2.05) is 0 Å². The molecule has 1 aliphatic heterocycles. The first-order valence-corrected chi connectivity index (χ1v) is 15.2. The molecule has 0 radical (unpaired) electrons. The smallest absolute Gasteiger partial charge is 0.345 e. The zero-order valence-corrected chi connectivity index (χ0v) is 25.0. The van der Waals surface area contributed by atoms with Crippen molar-refractivity contribution in [1.29, 1.82) is 5.26 Å². The van der Waals surface area contributed by atoms with Crippen LogP contribution in [0, 0.1) is 30.0 Å². The van der Waals surface area contributed by atoms with Gasteiger partial charge in [-0.15, -0.1) is 0 Å². The molecule has 2 saturated carbocycles. The van der Waals surface area contributed by atoms with Gasteiger partial charge >= 0.3 is 6.61 Å². The van der Waals surface area contributed by atoms with Gasteiger partial charge in [-0.1, -0.05) is 35.3 Å². The number of alkyl halides is 3. The number of aromatic amines is 1. The number of aryl methyl sites for hydroxylation is 2. The molecule has 2 bridgehead atoms. The number of rotatable bonds is 7. The Balaban J connectivity index is 1.41. The number of benzene rings is 2. The number of carbonyl (C=O) groups excluding carboxylic acids is 1. The molecule has 12 heteroatoms. The predicted molar refractivity (Wildman–Crippen MR) is 158 cm³/mol. The van der Waals surface area contributed by atoms with E-state index in [-0.39, 0.29) is 53.2 Å². The molecular weight excluding hydrogens is 619 g/mol. The number of nitrogens with one attached hydrogen (secondary N) is 1. The van der Waals surface area contributed by atoms with E-state index in [0.29, 0.717) is 45.2 Å². The number of piperidine rings is 1. The molecule has 3 heterocycles. The molecule has 6 nitrogen and oxygen atoms in total. The Hall–Kier alpha value is -3.39. The van der Waals surface area contributed by atoms with E-state index in [9.17, 15) is 18.8 Å². The highest BCUT2D eigenvalue weighted by molar-refractivity contribution is 6.43. The molecule has 1 saturated heterocycles. The van der Waals surface area contributed by atoms with Crippen LogP contribution in [-0.4, -0.2) is 45.2 Å². The lowest BCUT2D eigenvalue weighted by Gasteiger charge is -2.39. The summed E-state index contributed by atoms with van der Waals surface area (Å²) >= 11 is 12.8. The van der Waals surface area contributed by atoms with E-state index in [4.69, 9.17) is 27.9 Å². The van der Waals surface area contributed by atoms with E-state index >= 15 is 8.78 Å². The lowest BCUT2D eigenvalue weighted by molar-refractivity contribution is -0.185. The summed E-state index contributed by atoms with van der Waals surface area (Å²) in [4.78, 5) is 22.8. The molecule has 4 aromatic rings. The van der Waals surface area contributed by atoms with Crippen LogP contribution in [0.3, 0.4) is 0 Å². The molecule has 3 aliphatic rings. The molecule has 44 heavy (non-hydrogen) atoms. The maximum Gasteiger partial charge on any atom is 0.345 e. The van der Waals surface area contributed by atoms with E-state index in [2.05, 4.69) is 16.0 Å². The van der Waals surface area contributed by atoms with Crippen molar-refractivity contribution < 1.29 is 27.1 Å². The largest absolute Gasteiger partial charge is 0.356 e. The Kier molecular flexibility index (Phi) is 7.07. The number of likely N-dealkylation sites (tertiary alicyclic amines) is 1. The highest BCUT2D eigenvalue weighted by Gasteiger charge is 2.61. The summed E-state index contributed by atoms with van der Waals surface area (Å²) in [6.45, 7) is -1.25. The van der Waals surface area contributed by atoms with Crippen LogP contribution < -0.4 is 0 Å². The minimum absolute atomic E-state index is 0.0654. The maximum atomic E-state index is 16.5. The molecule has 1 N–H and O–H groups in total. The molecular formula is C32H26Cl2F4N4O2. The number of nitriles is 1. The summed E-state index contributed by atoms with van der Waals surface area (Å²) in [5, 5.41) is 10.9. The van der Waals surface area contributed by atoms with Crippen molar-refractivity contribution in [2.45, 2.75) is 75.9 Å². The second-order valence-corrected chi connectivity index (χ2v) is 12.7. The van der Waals surface area contributed by atoms with Crippen LogP contribution in [0.2, 0.25) is 10.0 Å². The summed E-state index contributed by atoms with van der Waals surface area (Å²) in [7, 11) is 0. The molecule has 3 fully saturated rings. The van der Waals surface area contributed by atoms with Crippen LogP contribution >= 0.6 is 23.2 Å². The van der Waals surface area contributed by atoms with Crippen molar-refractivity contribution in [3.05, 3.63) is 63.1 Å². The van der Waals surface area contributed by atoms with Crippen LogP contribution in [0.1, 0.15) is 55.1 Å². The normalized spacial score (nSPS) is 23.7. The summed E-state index contributed by atoms with van der Waals surface area (Å²) in [5.74, 6) is -1.74. The van der Waals surface area contributed by atoms with Crippen molar-refractivity contribution >= 4 is 50.9 Å². The number of fused-ring (bicyclic) bond motifs is 5. The van der Waals surface area contributed by atoms with Crippen LogP contribution in [0.25, 0.3) is 32.9 Å². The number of hydrogen-bond acceptors (Lipinski definition) is 4. The van der Waals surface area contributed by atoms with Gasteiger partial charge in [0.1, 0.15) is 5.52 Å². The van der Waals surface area contributed by atoms with Crippen molar-refractivity contribution in [3.8, 4) is 17.2 Å². The standard InChI is InChI=1S/C32H26Cl2F4N4O2/c1-14-18-13-22(29-19-11-16(12-23(19)44-31(36)37)42(29)30(43)32(38)7-8-32)41-27(18)20-10-15(4-3-9-39)24(26(35)28(20)40-14)17-5-2-6-21(33)25(17)34/h2,5-6,10,13,16,19,23,29,31,41H,3-4,7-8,11-12H2,1H3. The van der Waals surface area contributed by atoms with Gasteiger partial charge in [-0.05, 0) is 62.8 Å². The Morgan fingerprint density at radius 3 is 2.73 bits per heavy atom. The number of aromatic nitrogens is 2. The lowest BCUT2D eigenvalue weighted by Crippen LogP contribution is -2.48. The Bertz CT molecular complexity index is 1890. The zero-order valence-electron chi connectivity index (χ0n) is 23.4. The van der Waals surface area contributed by atoms with Crippen molar-refractivity contribution in [3.63, 3.8) is 0 Å². The van der Waals surface area contributed by atoms with Gasteiger partial charge in [0.2, 0.25) is 0 Å². The third-order valence-corrected chi connectivity index (χ3v) is 10.2.